The fraction of sp³-hybridized carbons (Fsp3) is 0.265. The van der Waals surface area contributed by atoms with Crippen LogP contribution in [-0.4, -0.2) is 73.4 Å². The first-order valence-electron chi connectivity index (χ1n) is 14.9. The number of aromatic nitrogens is 1. The van der Waals surface area contributed by atoms with Crippen LogP contribution in [0, 0.1) is 0 Å². The molecule has 5 rings (SSSR count). The summed E-state index contributed by atoms with van der Waals surface area (Å²) in [7, 11) is -3.67. The summed E-state index contributed by atoms with van der Waals surface area (Å²) in [5.41, 5.74) is 2.35. The van der Waals surface area contributed by atoms with E-state index >= 15 is 0 Å². The fourth-order valence-electron chi connectivity index (χ4n) is 5.01. The van der Waals surface area contributed by atoms with Gasteiger partial charge in [-0.1, -0.05) is 60.1 Å². The van der Waals surface area contributed by atoms with Gasteiger partial charge in [-0.25, -0.2) is 8.42 Å². The number of rotatable bonds is 13. The molecule has 0 radical (unpaired) electrons. The summed E-state index contributed by atoms with van der Waals surface area (Å²) < 4.78 is 38.5. The van der Waals surface area contributed by atoms with Gasteiger partial charge in [0.15, 0.2) is 6.61 Å². The molecule has 240 valence electrons. The Morgan fingerprint density at radius 1 is 0.913 bits per heavy atom. The fourth-order valence-corrected chi connectivity index (χ4v) is 6.54. The third-order valence-electron chi connectivity index (χ3n) is 7.50. The summed E-state index contributed by atoms with van der Waals surface area (Å²) in [6, 6.07) is 27.1. The van der Waals surface area contributed by atoms with E-state index in [1.807, 2.05) is 54.6 Å². The maximum Gasteiger partial charge on any atom is 0.261 e. The topological polar surface area (TPSA) is 118 Å². The Balaban J connectivity index is 1.35. The van der Waals surface area contributed by atoms with Gasteiger partial charge in [-0.15, -0.1) is 0 Å². The molecule has 1 unspecified atom stereocenters. The molecule has 1 atom stereocenters. The summed E-state index contributed by atoms with van der Waals surface area (Å²) in [4.78, 5) is 33.6. The van der Waals surface area contributed by atoms with Crippen LogP contribution < -0.4 is 10.1 Å². The number of benzene rings is 3. The zero-order valence-corrected chi connectivity index (χ0v) is 26.7. The lowest BCUT2D eigenvalue weighted by atomic mass is 10.0. The number of carbonyl (C=O) groups is 2. The van der Waals surface area contributed by atoms with Crippen LogP contribution in [0.25, 0.3) is 0 Å². The number of halogens is 1. The highest BCUT2D eigenvalue weighted by molar-refractivity contribution is 7.89. The lowest BCUT2D eigenvalue weighted by Gasteiger charge is -2.31. The second-order valence-corrected chi connectivity index (χ2v) is 13.0. The molecule has 4 aromatic rings. The van der Waals surface area contributed by atoms with E-state index in [1.54, 1.807) is 24.4 Å². The first kappa shape index (κ1) is 33.1. The Labute approximate surface area is 274 Å². The molecular weight excluding hydrogens is 628 g/mol. The standard InChI is InChI=1S/C34H35ClN4O6S/c35-28-11-9-27(10-12-28)24-39(32(22-26-6-2-1-3-7-26)34(41)37-23-29-8-4-5-17-36-29)33(40)25-45-30-13-15-31(16-14-30)46(42,43)38-18-20-44-21-19-38/h1-17,32H,18-25H2,(H,37,41). The van der Waals surface area contributed by atoms with Crippen molar-refractivity contribution in [2.45, 2.75) is 30.4 Å². The van der Waals surface area contributed by atoms with Crippen molar-refractivity contribution in [3.63, 3.8) is 0 Å². The minimum atomic E-state index is -3.67. The number of morpholine rings is 1. The predicted octanol–water partition coefficient (Wildman–Crippen LogP) is 4.09. The van der Waals surface area contributed by atoms with Crippen molar-refractivity contribution in [1.29, 1.82) is 0 Å². The Hall–Kier alpha value is -4.29. The molecule has 1 aromatic heterocycles. The van der Waals surface area contributed by atoms with Crippen LogP contribution in [0.5, 0.6) is 5.75 Å². The summed E-state index contributed by atoms with van der Waals surface area (Å²) in [5, 5.41) is 3.50. The third kappa shape index (κ3) is 8.91. The van der Waals surface area contributed by atoms with Crippen LogP contribution in [0.1, 0.15) is 16.8 Å². The molecule has 0 saturated carbocycles. The number of sulfonamides is 1. The molecule has 1 saturated heterocycles. The first-order valence-corrected chi connectivity index (χ1v) is 16.7. The van der Waals surface area contributed by atoms with Crippen LogP contribution >= 0.6 is 11.6 Å². The Morgan fingerprint density at radius 3 is 2.28 bits per heavy atom. The minimum absolute atomic E-state index is 0.130. The smallest absolute Gasteiger partial charge is 0.261 e. The molecule has 1 aliphatic heterocycles. The predicted molar refractivity (Wildman–Crippen MR) is 174 cm³/mol. The molecule has 46 heavy (non-hydrogen) atoms. The van der Waals surface area contributed by atoms with Crippen molar-refractivity contribution in [3.8, 4) is 5.75 Å². The molecule has 1 N–H and O–H groups in total. The normalized spacial score (nSPS) is 14.3. The quantitative estimate of drug-likeness (QED) is 0.229. The highest BCUT2D eigenvalue weighted by Gasteiger charge is 2.31. The average Bonchev–Trinajstić information content (AvgIpc) is 3.10. The van der Waals surface area contributed by atoms with E-state index in [2.05, 4.69) is 10.3 Å². The van der Waals surface area contributed by atoms with Crippen molar-refractivity contribution >= 4 is 33.4 Å². The van der Waals surface area contributed by atoms with E-state index < -0.39 is 22.0 Å². The van der Waals surface area contributed by atoms with Crippen molar-refractivity contribution in [2.24, 2.45) is 0 Å². The maximum atomic E-state index is 13.9. The molecule has 12 heteroatoms. The number of nitrogens with zero attached hydrogens (tertiary/aromatic N) is 3. The van der Waals surface area contributed by atoms with Crippen LogP contribution in [0.3, 0.4) is 0 Å². The molecule has 0 bridgehead atoms. The van der Waals surface area contributed by atoms with E-state index in [0.717, 1.165) is 11.1 Å². The summed E-state index contributed by atoms with van der Waals surface area (Å²) in [5.74, 6) is -0.441. The Kier molecular flexibility index (Phi) is 11.4. The number of carbonyl (C=O) groups excluding carboxylic acids is 2. The number of hydrogen-bond acceptors (Lipinski definition) is 7. The zero-order chi connectivity index (χ0) is 32.4. The molecule has 1 fully saturated rings. The van der Waals surface area contributed by atoms with Gasteiger partial charge < -0.3 is 19.7 Å². The number of nitrogens with one attached hydrogen (secondary N) is 1. The number of pyridine rings is 1. The van der Waals surface area contributed by atoms with Gasteiger partial charge in [0, 0.05) is 37.3 Å². The Morgan fingerprint density at radius 2 is 1.61 bits per heavy atom. The van der Waals surface area contributed by atoms with Gasteiger partial charge in [0.1, 0.15) is 11.8 Å². The monoisotopic (exact) mass is 662 g/mol. The van der Waals surface area contributed by atoms with Gasteiger partial charge in [-0.2, -0.15) is 4.31 Å². The first-order chi connectivity index (χ1) is 22.3. The lowest BCUT2D eigenvalue weighted by molar-refractivity contribution is -0.142. The second kappa shape index (κ2) is 15.8. The van der Waals surface area contributed by atoms with Gasteiger partial charge in [-0.3, -0.25) is 14.6 Å². The van der Waals surface area contributed by atoms with Gasteiger partial charge in [0.25, 0.3) is 5.91 Å². The highest BCUT2D eigenvalue weighted by atomic mass is 35.5. The molecule has 0 spiro atoms. The van der Waals surface area contributed by atoms with E-state index in [1.165, 1.54) is 33.5 Å². The van der Waals surface area contributed by atoms with Crippen molar-refractivity contribution in [1.82, 2.24) is 19.5 Å². The summed E-state index contributed by atoms with van der Waals surface area (Å²) >= 11 is 6.11. The SMILES string of the molecule is O=C(NCc1ccccn1)C(Cc1ccccc1)N(Cc1ccc(Cl)cc1)C(=O)COc1ccc(S(=O)(=O)N2CCOCC2)cc1. The minimum Gasteiger partial charge on any atom is -0.484 e. The number of ether oxygens (including phenoxy) is 2. The number of amides is 2. The van der Waals surface area contributed by atoms with Gasteiger partial charge in [0.05, 0.1) is 30.3 Å². The van der Waals surface area contributed by atoms with E-state index in [-0.39, 0.29) is 50.0 Å². The highest BCUT2D eigenvalue weighted by Crippen LogP contribution is 2.22. The molecule has 1 aliphatic rings. The van der Waals surface area contributed by atoms with Crippen LogP contribution in [0.4, 0.5) is 0 Å². The van der Waals surface area contributed by atoms with Crippen LogP contribution in [-0.2, 0) is 43.9 Å². The van der Waals surface area contributed by atoms with Gasteiger partial charge in [0.2, 0.25) is 15.9 Å². The largest absolute Gasteiger partial charge is 0.484 e. The van der Waals surface area contributed by atoms with E-state index in [9.17, 15) is 18.0 Å². The molecule has 0 aliphatic carbocycles. The number of hydrogen-bond donors (Lipinski definition) is 1. The zero-order valence-electron chi connectivity index (χ0n) is 25.1. The summed E-state index contributed by atoms with van der Waals surface area (Å²) in [6.07, 6.45) is 1.92. The molecule has 10 nitrogen and oxygen atoms in total. The molecular formula is C34H35ClN4O6S. The maximum absolute atomic E-state index is 13.9. The van der Waals surface area contributed by atoms with Gasteiger partial charge >= 0.3 is 0 Å². The van der Waals surface area contributed by atoms with Crippen LogP contribution in [0.2, 0.25) is 5.02 Å². The second-order valence-electron chi connectivity index (χ2n) is 10.7. The van der Waals surface area contributed by atoms with Crippen LogP contribution in [0.15, 0.2) is 108 Å². The van der Waals surface area contributed by atoms with E-state index in [0.29, 0.717) is 29.7 Å². The summed E-state index contributed by atoms with van der Waals surface area (Å²) in [6.45, 7) is 1.23. The third-order valence-corrected chi connectivity index (χ3v) is 9.67. The van der Waals surface area contributed by atoms with Crippen molar-refractivity contribution < 1.29 is 27.5 Å². The van der Waals surface area contributed by atoms with Crippen molar-refractivity contribution in [2.75, 3.05) is 32.9 Å². The lowest BCUT2D eigenvalue weighted by Crippen LogP contribution is -2.51. The van der Waals surface area contributed by atoms with E-state index in [4.69, 9.17) is 21.1 Å². The average molecular weight is 663 g/mol. The molecule has 3 aromatic carbocycles. The Bertz CT molecular complexity index is 1690. The molecule has 2 heterocycles. The van der Waals surface area contributed by atoms with Crippen molar-refractivity contribution in [3.05, 3.63) is 125 Å². The molecule has 2 amide bonds. The van der Waals surface area contributed by atoms with Gasteiger partial charge in [-0.05, 0) is 59.7 Å².